The third kappa shape index (κ3) is 3.38. The zero-order valence-corrected chi connectivity index (χ0v) is 12.9. The van der Waals surface area contributed by atoms with Crippen LogP contribution in [0.2, 0.25) is 0 Å². The number of nitrogens with zero attached hydrogens (tertiary/aromatic N) is 1. The van der Waals surface area contributed by atoms with Gasteiger partial charge in [0, 0.05) is 19.0 Å². The SMILES string of the molecule is CC1CC(C)CC(C(=O)C(C)(C)N2CCOCC2)C1. The summed E-state index contributed by atoms with van der Waals surface area (Å²) in [7, 11) is 0. The first-order chi connectivity index (χ1) is 8.91. The zero-order valence-electron chi connectivity index (χ0n) is 12.9. The van der Waals surface area contributed by atoms with Crippen molar-refractivity contribution in [2.45, 2.75) is 52.5 Å². The molecule has 2 rings (SSSR count). The van der Waals surface area contributed by atoms with Crippen LogP contribution in [-0.4, -0.2) is 42.5 Å². The van der Waals surface area contributed by atoms with Gasteiger partial charge in [-0.25, -0.2) is 0 Å². The van der Waals surface area contributed by atoms with Crippen LogP contribution in [0.25, 0.3) is 0 Å². The molecule has 1 saturated heterocycles. The smallest absolute Gasteiger partial charge is 0.155 e. The first kappa shape index (κ1) is 15.0. The predicted octanol–water partition coefficient (Wildman–Crippen LogP) is 2.74. The molecular formula is C16H29NO2. The summed E-state index contributed by atoms with van der Waals surface area (Å²) in [5.74, 6) is 2.10. The van der Waals surface area contributed by atoms with Gasteiger partial charge in [-0.3, -0.25) is 9.69 Å². The van der Waals surface area contributed by atoms with Crippen LogP contribution in [0.1, 0.15) is 47.0 Å². The Morgan fingerprint density at radius 3 is 2.11 bits per heavy atom. The first-order valence-electron chi connectivity index (χ1n) is 7.78. The molecule has 1 aliphatic heterocycles. The fraction of sp³-hybridized carbons (Fsp3) is 0.938. The lowest BCUT2D eigenvalue weighted by atomic mass is 9.71. The Balaban J connectivity index is 2.04. The van der Waals surface area contributed by atoms with Crippen LogP contribution in [0.3, 0.4) is 0 Å². The van der Waals surface area contributed by atoms with E-state index in [1.165, 1.54) is 6.42 Å². The van der Waals surface area contributed by atoms with Crippen molar-refractivity contribution in [3.05, 3.63) is 0 Å². The molecule has 0 radical (unpaired) electrons. The van der Waals surface area contributed by atoms with E-state index in [-0.39, 0.29) is 11.5 Å². The molecule has 0 spiro atoms. The van der Waals surface area contributed by atoms with Gasteiger partial charge in [0.05, 0.1) is 18.8 Å². The fourth-order valence-electron chi connectivity index (χ4n) is 3.94. The molecule has 2 unspecified atom stereocenters. The normalized spacial score (nSPS) is 34.2. The van der Waals surface area contributed by atoms with E-state index in [0.717, 1.165) is 39.1 Å². The number of hydrogen-bond donors (Lipinski definition) is 0. The van der Waals surface area contributed by atoms with E-state index >= 15 is 0 Å². The number of ketones is 1. The number of carbonyl (C=O) groups excluding carboxylic acids is 1. The lowest BCUT2D eigenvalue weighted by Crippen LogP contribution is -2.56. The molecule has 0 N–H and O–H groups in total. The maximum Gasteiger partial charge on any atom is 0.155 e. The average molecular weight is 267 g/mol. The molecule has 110 valence electrons. The van der Waals surface area contributed by atoms with E-state index in [1.807, 2.05) is 0 Å². The van der Waals surface area contributed by atoms with Gasteiger partial charge < -0.3 is 4.74 Å². The van der Waals surface area contributed by atoms with Crippen LogP contribution in [0, 0.1) is 17.8 Å². The molecule has 1 saturated carbocycles. The Labute approximate surface area is 117 Å². The van der Waals surface area contributed by atoms with Crippen molar-refractivity contribution in [1.29, 1.82) is 0 Å². The summed E-state index contributed by atoms with van der Waals surface area (Å²) < 4.78 is 5.40. The van der Waals surface area contributed by atoms with Gasteiger partial charge in [-0.2, -0.15) is 0 Å². The minimum Gasteiger partial charge on any atom is -0.379 e. The van der Waals surface area contributed by atoms with E-state index in [4.69, 9.17) is 4.74 Å². The van der Waals surface area contributed by atoms with Crippen molar-refractivity contribution < 1.29 is 9.53 Å². The monoisotopic (exact) mass is 267 g/mol. The third-order valence-electron chi connectivity index (χ3n) is 4.95. The summed E-state index contributed by atoms with van der Waals surface area (Å²) in [6.45, 7) is 12.1. The summed E-state index contributed by atoms with van der Waals surface area (Å²) in [5.41, 5.74) is -0.328. The van der Waals surface area contributed by atoms with Crippen molar-refractivity contribution in [3.63, 3.8) is 0 Å². The molecule has 2 aliphatic rings. The van der Waals surface area contributed by atoms with E-state index in [1.54, 1.807) is 0 Å². The molecule has 3 nitrogen and oxygen atoms in total. The minimum absolute atomic E-state index is 0.261. The van der Waals surface area contributed by atoms with Crippen LogP contribution in [-0.2, 0) is 9.53 Å². The summed E-state index contributed by atoms with van der Waals surface area (Å²) in [6.07, 6.45) is 3.44. The van der Waals surface area contributed by atoms with Crippen molar-refractivity contribution in [3.8, 4) is 0 Å². The molecule has 2 fully saturated rings. The van der Waals surface area contributed by atoms with Crippen LogP contribution >= 0.6 is 0 Å². The Morgan fingerprint density at radius 2 is 1.58 bits per heavy atom. The van der Waals surface area contributed by atoms with Gasteiger partial charge >= 0.3 is 0 Å². The molecule has 1 aliphatic carbocycles. The average Bonchev–Trinajstić information content (AvgIpc) is 2.37. The third-order valence-corrected chi connectivity index (χ3v) is 4.95. The Bertz CT molecular complexity index is 311. The van der Waals surface area contributed by atoms with E-state index in [0.29, 0.717) is 17.6 Å². The van der Waals surface area contributed by atoms with Crippen LogP contribution < -0.4 is 0 Å². The van der Waals surface area contributed by atoms with Gasteiger partial charge in [0.1, 0.15) is 0 Å². The lowest BCUT2D eigenvalue weighted by molar-refractivity contribution is -0.138. The second-order valence-electron chi connectivity index (χ2n) is 7.14. The maximum atomic E-state index is 12.9. The van der Waals surface area contributed by atoms with Gasteiger partial charge in [-0.15, -0.1) is 0 Å². The Kier molecular flexibility index (Phi) is 4.67. The van der Waals surface area contributed by atoms with Crippen LogP contribution in [0.5, 0.6) is 0 Å². The van der Waals surface area contributed by atoms with E-state index < -0.39 is 0 Å². The van der Waals surface area contributed by atoms with Gasteiger partial charge in [0.25, 0.3) is 0 Å². The molecule has 3 heteroatoms. The molecule has 0 amide bonds. The molecule has 2 atom stereocenters. The standard InChI is InChI=1S/C16H29NO2/c1-12-9-13(2)11-14(10-12)15(18)16(3,4)17-5-7-19-8-6-17/h12-14H,5-11H2,1-4H3. The molecule has 0 aromatic rings. The molecular weight excluding hydrogens is 238 g/mol. The van der Waals surface area contributed by atoms with Gasteiger partial charge in [-0.1, -0.05) is 13.8 Å². The first-order valence-corrected chi connectivity index (χ1v) is 7.78. The largest absolute Gasteiger partial charge is 0.379 e. The summed E-state index contributed by atoms with van der Waals surface area (Å²) in [6, 6.07) is 0. The quantitative estimate of drug-likeness (QED) is 0.787. The Hall–Kier alpha value is -0.410. The van der Waals surface area contributed by atoms with Gasteiger partial charge in [-0.05, 0) is 44.9 Å². The molecule has 1 heterocycles. The lowest BCUT2D eigenvalue weighted by Gasteiger charge is -2.43. The van der Waals surface area contributed by atoms with Crippen LogP contribution in [0.15, 0.2) is 0 Å². The molecule has 0 aromatic carbocycles. The number of Topliss-reactive ketones (excluding diaryl/α,β-unsaturated/α-hetero) is 1. The number of hydrogen-bond acceptors (Lipinski definition) is 3. The van der Waals surface area contributed by atoms with Gasteiger partial charge in [0.2, 0.25) is 0 Å². The highest BCUT2D eigenvalue weighted by Crippen LogP contribution is 2.36. The van der Waals surface area contributed by atoms with Crippen molar-refractivity contribution in [1.82, 2.24) is 4.90 Å². The second kappa shape index (κ2) is 5.92. The second-order valence-corrected chi connectivity index (χ2v) is 7.14. The molecule has 19 heavy (non-hydrogen) atoms. The van der Waals surface area contributed by atoms with Crippen molar-refractivity contribution in [2.24, 2.45) is 17.8 Å². The summed E-state index contributed by atoms with van der Waals surface area (Å²) >= 11 is 0. The minimum atomic E-state index is -0.328. The summed E-state index contributed by atoms with van der Waals surface area (Å²) in [4.78, 5) is 15.2. The summed E-state index contributed by atoms with van der Waals surface area (Å²) in [5, 5.41) is 0. The predicted molar refractivity (Wildman–Crippen MR) is 77.1 cm³/mol. The zero-order chi connectivity index (χ0) is 14.0. The topological polar surface area (TPSA) is 29.5 Å². The molecule has 0 bridgehead atoms. The van der Waals surface area contributed by atoms with Crippen molar-refractivity contribution in [2.75, 3.05) is 26.3 Å². The van der Waals surface area contributed by atoms with E-state index in [9.17, 15) is 4.79 Å². The molecule has 0 aromatic heterocycles. The Morgan fingerprint density at radius 1 is 1.05 bits per heavy atom. The highest BCUT2D eigenvalue weighted by Gasteiger charge is 2.41. The number of carbonyl (C=O) groups is 1. The highest BCUT2D eigenvalue weighted by atomic mass is 16.5. The van der Waals surface area contributed by atoms with E-state index in [2.05, 4.69) is 32.6 Å². The number of rotatable bonds is 3. The maximum absolute atomic E-state index is 12.9. The number of morpholine rings is 1. The van der Waals surface area contributed by atoms with Crippen molar-refractivity contribution >= 4 is 5.78 Å². The van der Waals surface area contributed by atoms with Crippen LogP contribution in [0.4, 0.5) is 0 Å². The van der Waals surface area contributed by atoms with Gasteiger partial charge in [0.15, 0.2) is 5.78 Å². The fourth-order valence-corrected chi connectivity index (χ4v) is 3.94. The number of ether oxygens (including phenoxy) is 1. The highest BCUT2D eigenvalue weighted by molar-refractivity contribution is 5.89.